The quantitative estimate of drug-likeness (QED) is 0.659. The van der Waals surface area contributed by atoms with E-state index in [0.717, 1.165) is 5.56 Å². The number of benzene rings is 3. The van der Waals surface area contributed by atoms with Crippen molar-refractivity contribution in [2.24, 2.45) is 0 Å². The highest BCUT2D eigenvalue weighted by molar-refractivity contribution is 6.30. The molecule has 0 atom stereocenters. The lowest BCUT2D eigenvalue weighted by atomic mass is 9.86. The van der Waals surface area contributed by atoms with Gasteiger partial charge >= 0.3 is 0 Å². The van der Waals surface area contributed by atoms with Crippen LogP contribution in [0.15, 0.2) is 72.8 Å². The summed E-state index contributed by atoms with van der Waals surface area (Å²) in [5.41, 5.74) is 0.575. The first kappa shape index (κ1) is 18.5. The first-order chi connectivity index (χ1) is 12.5. The normalized spacial score (nSPS) is 11.5. The van der Waals surface area contributed by atoms with Crippen LogP contribution in [-0.2, 0) is 12.1 Å². The number of halogens is 3. The topological polar surface area (TPSA) is 32.3 Å². The summed E-state index contributed by atoms with van der Waals surface area (Å²) >= 11 is 5.99. The monoisotopic (exact) mass is 373 g/mol. The molecule has 0 aliphatic carbocycles. The van der Waals surface area contributed by atoms with E-state index in [1.165, 1.54) is 48.5 Å². The van der Waals surface area contributed by atoms with Crippen molar-refractivity contribution in [3.05, 3.63) is 106 Å². The summed E-state index contributed by atoms with van der Waals surface area (Å²) in [6.45, 7) is 0.655. The van der Waals surface area contributed by atoms with Crippen LogP contribution < -0.4 is 5.32 Å². The maximum Gasteiger partial charge on any atom is 0.127 e. The number of aliphatic hydroxyl groups is 1. The van der Waals surface area contributed by atoms with Gasteiger partial charge in [-0.05, 0) is 53.1 Å². The van der Waals surface area contributed by atoms with Gasteiger partial charge in [0.15, 0.2) is 0 Å². The molecule has 5 heteroatoms. The molecule has 0 saturated carbocycles. The fourth-order valence-electron chi connectivity index (χ4n) is 2.86. The molecule has 0 aliphatic heterocycles. The van der Waals surface area contributed by atoms with Crippen molar-refractivity contribution >= 4 is 11.6 Å². The standard InChI is InChI=1S/C21H18ClF2NO/c22-18-3-1-2-15(12-18)13-25-14-21(26,16-4-8-19(23)9-5-16)17-6-10-20(24)11-7-17/h1-12,25-26H,13-14H2. The van der Waals surface area contributed by atoms with Gasteiger partial charge in [0.05, 0.1) is 0 Å². The Morgan fingerprint density at radius 3 is 1.88 bits per heavy atom. The molecule has 0 unspecified atom stereocenters. The zero-order valence-corrected chi connectivity index (χ0v) is 14.7. The van der Waals surface area contributed by atoms with Gasteiger partial charge < -0.3 is 10.4 Å². The fourth-order valence-corrected chi connectivity index (χ4v) is 3.07. The Hall–Kier alpha value is -2.27. The van der Waals surface area contributed by atoms with Crippen LogP contribution in [0.25, 0.3) is 0 Å². The molecular weight excluding hydrogens is 356 g/mol. The zero-order chi connectivity index (χ0) is 18.6. The largest absolute Gasteiger partial charge is 0.379 e. The second kappa shape index (κ2) is 7.96. The van der Waals surface area contributed by atoms with Crippen LogP contribution in [0, 0.1) is 11.6 Å². The number of rotatable bonds is 6. The molecule has 0 aromatic heterocycles. The van der Waals surface area contributed by atoms with Crippen molar-refractivity contribution in [3.8, 4) is 0 Å². The molecule has 26 heavy (non-hydrogen) atoms. The molecule has 3 rings (SSSR count). The Kier molecular flexibility index (Phi) is 5.67. The van der Waals surface area contributed by atoms with Gasteiger partial charge in [0.25, 0.3) is 0 Å². The molecule has 0 bridgehead atoms. The van der Waals surface area contributed by atoms with Crippen molar-refractivity contribution in [2.45, 2.75) is 12.1 Å². The maximum absolute atomic E-state index is 13.3. The summed E-state index contributed by atoms with van der Waals surface area (Å²) in [5, 5.41) is 15.2. The van der Waals surface area contributed by atoms with Crippen molar-refractivity contribution in [1.82, 2.24) is 5.32 Å². The van der Waals surface area contributed by atoms with Crippen LogP contribution in [-0.4, -0.2) is 11.7 Å². The van der Waals surface area contributed by atoms with Crippen molar-refractivity contribution in [1.29, 1.82) is 0 Å². The van der Waals surface area contributed by atoms with Gasteiger partial charge in [-0.1, -0.05) is 48.0 Å². The van der Waals surface area contributed by atoms with E-state index >= 15 is 0 Å². The lowest BCUT2D eigenvalue weighted by Gasteiger charge is -2.30. The molecule has 0 radical (unpaired) electrons. The molecule has 0 fully saturated rings. The minimum atomic E-state index is -1.43. The van der Waals surface area contributed by atoms with Gasteiger partial charge in [-0.15, -0.1) is 0 Å². The first-order valence-corrected chi connectivity index (χ1v) is 8.55. The Bertz CT molecular complexity index is 820. The van der Waals surface area contributed by atoms with Crippen LogP contribution in [0.2, 0.25) is 5.02 Å². The predicted molar refractivity (Wildman–Crippen MR) is 99.0 cm³/mol. The van der Waals surface area contributed by atoms with Crippen LogP contribution in [0.5, 0.6) is 0 Å². The van der Waals surface area contributed by atoms with E-state index in [0.29, 0.717) is 22.7 Å². The Labute approximate surface area is 156 Å². The summed E-state index contributed by atoms with van der Waals surface area (Å²) in [4.78, 5) is 0. The molecule has 2 N–H and O–H groups in total. The van der Waals surface area contributed by atoms with Crippen molar-refractivity contribution < 1.29 is 13.9 Å². The number of nitrogens with one attached hydrogen (secondary N) is 1. The van der Waals surface area contributed by atoms with E-state index in [1.54, 1.807) is 6.07 Å². The summed E-state index contributed by atoms with van der Waals surface area (Å²) in [6, 6.07) is 18.7. The fraction of sp³-hybridized carbons (Fsp3) is 0.143. The van der Waals surface area contributed by atoms with E-state index in [9.17, 15) is 13.9 Å². The highest BCUT2D eigenvalue weighted by Gasteiger charge is 2.31. The van der Waals surface area contributed by atoms with E-state index in [-0.39, 0.29) is 18.2 Å². The van der Waals surface area contributed by atoms with Crippen LogP contribution in [0.1, 0.15) is 16.7 Å². The van der Waals surface area contributed by atoms with E-state index in [4.69, 9.17) is 11.6 Å². The Balaban J connectivity index is 1.85. The molecule has 0 aliphatic rings. The summed E-state index contributed by atoms with van der Waals surface area (Å²) in [6.07, 6.45) is 0. The van der Waals surface area contributed by atoms with Gasteiger partial charge in [0.1, 0.15) is 17.2 Å². The van der Waals surface area contributed by atoms with Gasteiger partial charge in [0, 0.05) is 18.1 Å². The molecule has 3 aromatic carbocycles. The van der Waals surface area contributed by atoms with E-state index in [2.05, 4.69) is 5.32 Å². The molecule has 134 valence electrons. The van der Waals surface area contributed by atoms with Gasteiger partial charge in [0.2, 0.25) is 0 Å². The van der Waals surface area contributed by atoms with Gasteiger partial charge in [-0.25, -0.2) is 8.78 Å². The Morgan fingerprint density at radius 2 is 1.38 bits per heavy atom. The lowest BCUT2D eigenvalue weighted by molar-refractivity contribution is 0.0795. The predicted octanol–water partition coefficient (Wildman–Crippen LogP) is 4.64. The molecule has 0 amide bonds. The van der Waals surface area contributed by atoms with E-state index in [1.807, 2.05) is 18.2 Å². The van der Waals surface area contributed by atoms with Crippen LogP contribution >= 0.6 is 11.6 Å². The van der Waals surface area contributed by atoms with Crippen LogP contribution in [0.4, 0.5) is 8.78 Å². The number of hydrogen-bond donors (Lipinski definition) is 2. The first-order valence-electron chi connectivity index (χ1n) is 8.17. The highest BCUT2D eigenvalue weighted by atomic mass is 35.5. The lowest BCUT2D eigenvalue weighted by Crippen LogP contribution is -2.39. The summed E-state index contributed by atoms with van der Waals surface area (Å²) in [5.74, 6) is -0.774. The third-order valence-corrected chi connectivity index (χ3v) is 4.48. The van der Waals surface area contributed by atoms with E-state index < -0.39 is 5.60 Å². The average molecular weight is 374 g/mol. The molecular formula is C21H18ClF2NO. The van der Waals surface area contributed by atoms with Crippen molar-refractivity contribution in [3.63, 3.8) is 0 Å². The molecule has 0 heterocycles. The SMILES string of the molecule is OC(CNCc1cccc(Cl)c1)(c1ccc(F)cc1)c1ccc(F)cc1. The molecule has 3 aromatic rings. The maximum atomic E-state index is 13.3. The average Bonchev–Trinajstić information content (AvgIpc) is 2.63. The molecule has 0 spiro atoms. The third-order valence-electron chi connectivity index (χ3n) is 4.24. The molecule has 2 nitrogen and oxygen atoms in total. The Morgan fingerprint density at radius 1 is 0.846 bits per heavy atom. The number of hydrogen-bond acceptors (Lipinski definition) is 2. The summed E-state index contributed by atoms with van der Waals surface area (Å²) in [7, 11) is 0. The second-order valence-electron chi connectivity index (χ2n) is 6.11. The van der Waals surface area contributed by atoms with Crippen molar-refractivity contribution in [2.75, 3.05) is 6.54 Å². The molecule has 0 saturated heterocycles. The summed E-state index contributed by atoms with van der Waals surface area (Å²) < 4.78 is 26.6. The van der Waals surface area contributed by atoms with Crippen LogP contribution in [0.3, 0.4) is 0 Å². The second-order valence-corrected chi connectivity index (χ2v) is 6.54. The minimum absolute atomic E-state index is 0.163. The third kappa shape index (κ3) is 4.28. The van der Waals surface area contributed by atoms with Gasteiger partial charge in [-0.3, -0.25) is 0 Å². The smallest absolute Gasteiger partial charge is 0.127 e. The minimum Gasteiger partial charge on any atom is -0.379 e. The zero-order valence-electron chi connectivity index (χ0n) is 13.9. The van der Waals surface area contributed by atoms with Gasteiger partial charge in [-0.2, -0.15) is 0 Å². The highest BCUT2D eigenvalue weighted by Crippen LogP contribution is 2.29.